The van der Waals surface area contributed by atoms with E-state index in [4.69, 9.17) is 4.42 Å². The molecule has 1 N–H and O–H groups in total. The van der Waals surface area contributed by atoms with Crippen molar-refractivity contribution in [2.24, 2.45) is 0 Å². The first kappa shape index (κ1) is 12.6. The van der Waals surface area contributed by atoms with Gasteiger partial charge in [-0.25, -0.2) is 4.98 Å². The van der Waals surface area contributed by atoms with E-state index in [-0.39, 0.29) is 11.4 Å². The molecule has 0 unspecified atom stereocenters. The van der Waals surface area contributed by atoms with E-state index in [1.165, 1.54) is 12.8 Å². The number of amides is 1. The zero-order chi connectivity index (χ0) is 12.5. The maximum absolute atomic E-state index is 12.1. The molecule has 1 heterocycles. The van der Waals surface area contributed by atoms with Gasteiger partial charge in [0.2, 0.25) is 5.76 Å². The van der Waals surface area contributed by atoms with Crippen LogP contribution in [0, 0.1) is 13.8 Å². The Morgan fingerprint density at radius 1 is 1.47 bits per heavy atom. The van der Waals surface area contributed by atoms with Gasteiger partial charge in [-0.15, -0.1) is 0 Å². The van der Waals surface area contributed by atoms with Crippen LogP contribution in [0.5, 0.6) is 0 Å². The number of halogens is 1. The number of hydrogen-bond acceptors (Lipinski definition) is 3. The Bertz CT molecular complexity index is 422. The van der Waals surface area contributed by atoms with Crippen LogP contribution in [0.15, 0.2) is 4.42 Å². The third kappa shape index (κ3) is 2.54. The lowest BCUT2D eigenvalue weighted by Gasteiger charge is -2.27. The summed E-state index contributed by atoms with van der Waals surface area (Å²) in [6.45, 7) is 3.54. The number of carbonyl (C=O) groups is 1. The Labute approximate surface area is 109 Å². The first-order chi connectivity index (χ1) is 8.06. The van der Waals surface area contributed by atoms with E-state index in [1.54, 1.807) is 13.8 Å². The molecular formula is C12H17BrN2O2. The van der Waals surface area contributed by atoms with Gasteiger partial charge in [0.05, 0.1) is 11.2 Å². The SMILES string of the molecule is Cc1nc(C)c(C(=O)NC2(CBr)CCCC2)o1. The number of rotatable bonds is 3. The number of aromatic nitrogens is 1. The second-order valence-electron chi connectivity index (χ2n) is 4.72. The Balaban J connectivity index is 2.13. The van der Waals surface area contributed by atoms with Crippen LogP contribution in [0.25, 0.3) is 0 Å². The zero-order valence-electron chi connectivity index (χ0n) is 10.2. The Hall–Kier alpha value is -0.840. The minimum absolute atomic E-state index is 0.107. The molecule has 5 heteroatoms. The summed E-state index contributed by atoms with van der Waals surface area (Å²) < 4.78 is 5.34. The lowest BCUT2D eigenvalue weighted by atomic mass is 10.0. The fourth-order valence-corrected chi connectivity index (χ4v) is 3.08. The minimum Gasteiger partial charge on any atom is -0.436 e. The molecule has 4 nitrogen and oxygen atoms in total. The Morgan fingerprint density at radius 3 is 2.59 bits per heavy atom. The predicted molar refractivity (Wildman–Crippen MR) is 68.4 cm³/mol. The van der Waals surface area contributed by atoms with Crippen LogP contribution in [0.3, 0.4) is 0 Å². The largest absolute Gasteiger partial charge is 0.436 e. The van der Waals surface area contributed by atoms with Crippen LogP contribution in [0.4, 0.5) is 0 Å². The van der Waals surface area contributed by atoms with E-state index < -0.39 is 0 Å². The number of hydrogen-bond donors (Lipinski definition) is 1. The van der Waals surface area contributed by atoms with E-state index in [2.05, 4.69) is 26.2 Å². The molecule has 0 aromatic carbocycles. The maximum atomic E-state index is 12.1. The third-order valence-electron chi connectivity index (χ3n) is 3.30. The molecule has 0 spiro atoms. The van der Waals surface area contributed by atoms with Gasteiger partial charge in [-0.2, -0.15) is 0 Å². The predicted octanol–water partition coefficient (Wildman–Crippen LogP) is 2.73. The van der Waals surface area contributed by atoms with Crippen molar-refractivity contribution in [3.63, 3.8) is 0 Å². The number of alkyl halides is 1. The molecule has 1 saturated carbocycles. The summed E-state index contributed by atoms with van der Waals surface area (Å²) in [5, 5.41) is 3.88. The van der Waals surface area contributed by atoms with Crippen molar-refractivity contribution in [2.75, 3.05) is 5.33 Å². The normalized spacial score (nSPS) is 18.3. The molecule has 0 radical (unpaired) electrons. The average Bonchev–Trinajstić information content (AvgIpc) is 2.86. The van der Waals surface area contributed by atoms with Gasteiger partial charge in [-0.3, -0.25) is 4.79 Å². The van der Waals surface area contributed by atoms with Crippen molar-refractivity contribution >= 4 is 21.8 Å². The average molecular weight is 301 g/mol. The van der Waals surface area contributed by atoms with Crippen molar-refractivity contribution in [3.8, 4) is 0 Å². The van der Waals surface area contributed by atoms with Crippen LogP contribution in [0.2, 0.25) is 0 Å². The summed E-state index contributed by atoms with van der Waals surface area (Å²) in [5.41, 5.74) is 0.548. The summed E-state index contributed by atoms with van der Waals surface area (Å²) >= 11 is 3.50. The highest BCUT2D eigenvalue weighted by atomic mass is 79.9. The standard InChI is InChI=1S/C12H17BrN2O2/c1-8-10(17-9(2)14-8)11(16)15-12(7-13)5-3-4-6-12/h3-7H2,1-2H3,(H,15,16). The molecule has 0 saturated heterocycles. The monoisotopic (exact) mass is 300 g/mol. The summed E-state index contributed by atoms with van der Waals surface area (Å²) in [5.74, 6) is 0.728. The van der Waals surface area contributed by atoms with Gasteiger partial charge in [0.15, 0.2) is 5.89 Å². The molecule has 1 amide bonds. The van der Waals surface area contributed by atoms with Gasteiger partial charge in [-0.1, -0.05) is 28.8 Å². The Kier molecular flexibility index (Phi) is 3.56. The van der Waals surface area contributed by atoms with Crippen LogP contribution in [-0.4, -0.2) is 21.8 Å². The molecule has 1 fully saturated rings. The molecule has 1 aliphatic carbocycles. The second kappa shape index (κ2) is 4.80. The number of oxazole rings is 1. The summed E-state index contributed by atoms with van der Waals surface area (Å²) in [6.07, 6.45) is 4.38. The van der Waals surface area contributed by atoms with Crippen LogP contribution in [-0.2, 0) is 0 Å². The van der Waals surface area contributed by atoms with Gasteiger partial charge in [0, 0.05) is 12.3 Å². The van der Waals surface area contributed by atoms with E-state index >= 15 is 0 Å². The molecule has 0 bridgehead atoms. The molecule has 2 rings (SSSR count). The van der Waals surface area contributed by atoms with Gasteiger partial charge in [0.1, 0.15) is 0 Å². The highest BCUT2D eigenvalue weighted by molar-refractivity contribution is 9.09. The van der Waals surface area contributed by atoms with Crippen LogP contribution in [0.1, 0.15) is 47.8 Å². The van der Waals surface area contributed by atoms with Crippen molar-refractivity contribution in [3.05, 3.63) is 17.3 Å². The minimum atomic E-state index is -0.149. The quantitative estimate of drug-likeness (QED) is 0.873. The van der Waals surface area contributed by atoms with E-state index in [0.29, 0.717) is 17.3 Å². The van der Waals surface area contributed by atoms with Crippen LogP contribution < -0.4 is 5.32 Å². The lowest BCUT2D eigenvalue weighted by molar-refractivity contribution is 0.0879. The van der Waals surface area contributed by atoms with E-state index in [1.807, 2.05) is 0 Å². The molecule has 0 aliphatic heterocycles. The number of nitrogens with zero attached hydrogens (tertiary/aromatic N) is 1. The first-order valence-electron chi connectivity index (χ1n) is 5.89. The summed E-state index contributed by atoms with van der Waals surface area (Å²) in [4.78, 5) is 16.2. The topological polar surface area (TPSA) is 55.1 Å². The van der Waals surface area contributed by atoms with Gasteiger partial charge in [0.25, 0.3) is 5.91 Å². The van der Waals surface area contributed by atoms with E-state index in [0.717, 1.165) is 18.2 Å². The van der Waals surface area contributed by atoms with Crippen molar-refractivity contribution in [1.29, 1.82) is 0 Å². The van der Waals surface area contributed by atoms with Gasteiger partial charge in [-0.05, 0) is 19.8 Å². The molecule has 1 aromatic rings. The summed E-state index contributed by atoms with van der Waals surface area (Å²) in [7, 11) is 0. The second-order valence-corrected chi connectivity index (χ2v) is 5.28. The molecule has 94 valence electrons. The fraction of sp³-hybridized carbons (Fsp3) is 0.667. The van der Waals surface area contributed by atoms with Crippen molar-refractivity contribution < 1.29 is 9.21 Å². The fourth-order valence-electron chi connectivity index (χ4n) is 2.38. The molecular weight excluding hydrogens is 284 g/mol. The van der Waals surface area contributed by atoms with Gasteiger partial charge < -0.3 is 9.73 Å². The van der Waals surface area contributed by atoms with Gasteiger partial charge >= 0.3 is 0 Å². The first-order valence-corrected chi connectivity index (χ1v) is 7.01. The molecule has 0 atom stereocenters. The highest BCUT2D eigenvalue weighted by Crippen LogP contribution is 2.31. The van der Waals surface area contributed by atoms with Crippen molar-refractivity contribution in [1.82, 2.24) is 10.3 Å². The third-order valence-corrected chi connectivity index (χ3v) is 4.38. The molecule has 1 aromatic heterocycles. The summed E-state index contributed by atoms with van der Waals surface area (Å²) in [6, 6.07) is 0. The van der Waals surface area contributed by atoms with Crippen molar-refractivity contribution in [2.45, 2.75) is 45.1 Å². The van der Waals surface area contributed by atoms with Crippen LogP contribution >= 0.6 is 15.9 Å². The maximum Gasteiger partial charge on any atom is 0.289 e. The Morgan fingerprint density at radius 2 is 2.12 bits per heavy atom. The molecule has 1 aliphatic rings. The smallest absolute Gasteiger partial charge is 0.289 e. The molecule has 17 heavy (non-hydrogen) atoms. The zero-order valence-corrected chi connectivity index (χ0v) is 11.8. The number of carbonyl (C=O) groups excluding carboxylic acids is 1. The highest BCUT2D eigenvalue weighted by Gasteiger charge is 2.35. The van der Waals surface area contributed by atoms with E-state index in [9.17, 15) is 4.79 Å². The number of aryl methyl sites for hydroxylation is 2. The lowest BCUT2D eigenvalue weighted by Crippen LogP contribution is -2.47. The number of nitrogens with one attached hydrogen (secondary N) is 1.